The van der Waals surface area contributed by atoms with Gasteiger partial charge < -0.3 is 24.0 Å². The molecule has 2 aliphatic rings. The van der Waals surface area contributed by atoms with Crippen LogP contribution in [0.25, 0.3) is 0 Å². The van der Waals surface area contributed by atoms with Crippen molar-refractivity contribution >= 4 is 20.0 Å². The molecule has 3 heterocycles. The largest absolute Gasteiger partial charge is 0.414 e. The zero-order valence-corrected chi connectivity index (χ0v) is 23.8. The van der Waals surface area contributed by atoms with Crippen molar-refractivity contribution in [2.45, 2.75) is 95.9 Å². The summed E-state index contributed by atoms with van der Waals surface area (Å²) in [6.07, 6.45) is 1.33. The topological polar surface area (TPSA) is 101 Å². The molecule has 202 valence electrons. The molecule has 0 unspecified atom stereocenters. The molecule has 37 heavy (non-hydrogen) atoms. The minimum atomic E-state index is -1.98. The highest BCUT2D eigenvalue weighted by molar-refractivity contribution is 6.74. The fourth-order valence-corrected chi connectivity index (χ4v) is 5.37. The lowest BCUT2D eigenvalue weighted by atomic mass is 10.1. The van der Waals surface area contributed by atoms with E-state index < -0.39 is 32.1 Å². The van der Waals surface area contributed by atoms with E-state index in [0.717, 1.165) is 12.8 Å². The molecular formula is C27H39N3O6Si. The van der Waals surface area contributed by atoms with Gasteiger partial charge in [0.25, 0.3) is 5.91 Å². The van der Waals surface area contributed by atoms with E-state index in [2.05, 4.69) is 44.2 Å². The number of carbonyl (C=O) groups excluding carboxylic acids is 1. The van der Waals surface area contributed by atoms with Crippen molar-refractivity contribution in [2.75, 3.05) is 11.9 Å². The van der Waals surface area contributed by atoms with Crippen molar-refractivity contribution in [1.82, 2.24) is 9.55 Å². The number of amides is 1. The smallest absolute Gasteiger partial charge is 0.351 e. The van der Waals surface area contributed by atoms with E-state index in [1.54, 1.807) is 36.5 Å². The summed E-state index contributed by atoms with van der Waals surface area (Å²) < 4.78 is 26.8. The number of aromatic nitrogens is 2. The fourth-order valence-electron chi connectivity index (χ4n) is 4.34. The molecule has 0 saturated carbocycles. The number of nitrogens with zero attached hydrogens (tertiary/aromatic N) is 2. The zero-order valence-electron chi connectivity index (χ0n) is 22.8. The summed E-state index contributed by atoms with van der Waals surface area (Å²) in [5, 5.41) is 2.76. The number of ether oxygens (including phenoxy) is 3. The second-order valence-corrected chi connectivity index (χ2v) is 16.6. The van der Waals surface area contributed by atoms with Gasteiger partial charge in [-0.05, 0) is 63.0 Å². The summed E-state index contributed by atoms with van der Waals surface area (Å²) in [6.45, 7) is 15.2. The maximum atomic E-state index is 13.2. The van der Waals surface area contributed by atoms with E-state index in [1.165, 1.54) is 4.57 Å². The molecule has 0 spiro atoms. The van der Waals surface area contributed by atoms with Gasteiger partial charge >= 0.3 is 5.69 Å². The average Bonchev–Trinajstić information content (AvgIpc) is 3.03. The van der Waals surface area contributed by atoms with Crippen LogP contribution >= 0.6 is 0 Å². The van der Waals surface area contributed by atoms with E-state index in [4.69, 9.17) is 18.6 Å². The van der Waals surface area contributed by atoms with Gasteiger partial charge in [-0.1, -0.05) is 39.0 Å². The van der Waals surface area contributed by atoms with Crippen LogP contribution < -0.4 is 11.0 Å². The van der Waals surface area contributed by atoms with Crippen LogP contribution in [0, 0.1) is 0 Å². The maximum Gasteiger partial charge on any atom is 0.351 e. The minimum absolute atomic E-state index is 0.0742. The summed E-state index contributed by atoms with van der Waals surface area (Å²) in [4.78, 5) is 29.8. The van der Waals surface area contributed by atoms with E-state index in [-0.39, 0.29) is 29.0 Å². The summed E-state index contributed by atoms with van der Waals surface area (Å²) in [6, 6.07) is 10.4. The van der Waals surface area contributed by atoms with Gasteiger partial charge in [-0.2, -0.15) is 4.98 Å². The number of benzene rings is 1. The van der Waals surface area contributed by atoms with Gasteiger partial charge in [-0.3, -0.25) is 9.36 Å². The first-order chi connectivity index (χ1) is 17.3. The Kier molecular flexibility index (Phi) is 7.78. The molecule has 4 rings (SSSR count). The molecule has 10 heteroatoms. The molecule has 1 N–H and O–H groups in total. The molecule has 0 bridgehead atoms. The number of anilines is 1. The molecule has 2 saturated heterocycles. The predicted octanol–water partition coefficient (Wildman–Crippen LogP) is 4.72. The highest BCUT2D eigenvalue weighted by atomic mass is 28.4. The number of rotatable bonds is 6. The van der Waals surface area contributed by atoms with Gasteiger partial charge in [-0.15, -0.1) is 0 Å². The van der Waals surface area contributed by atoms with Crippen LogP contribution in [0.1, 0.15) is 64.0 Å². The fraction of sp³-hybridized carbons (Fsp3) is 0.593. The van der Waals surface area contributed by atoms with Gasteiger partial charge in [0, 0.05) is 11.8 Å². The Morgan fingerprint density at radius 1 is 1.16 bits per heavy atom. The number of nitrogens with one attached hydrogen (secondary N) is 1. The Balaban J connectivity index is 1.56. The van der Waals surface area contributed by atoms with Crippen molar-refractivity contribution in [3.05, 3.63) is 58.6 Å². The van der Waals surface area contributed by atoms with Crippen LogP contribution in [-0.2, 0) is 18.6 Å². The van der Waals surface area contributed by atoms with Crippen molar-refractivity contribution in [2.24, 2.45) is 0 Å². The van der Waals surface area contributed by atoms with Gasteiger partial charge in [-0.25, -0.2) is 4.79 Å². The Hall–Kier alpha value is -2.37. The Labute approximate surface area is 219 Å². The lowest BCUT2D eigenvalue weighted by Gasteiger charge is -2.37. The molecule has 1 aromatic heterocycles. The third-order valence-corrected chi connectivity index (χ3v) is 11.9. The highest BCUT2D eigenvalue weighted by Gasteiger charge is 2.49. The molecular weight excluding hydrogens is 490 g/mol. The maximum absolute atomic E-state index is 13.2. The first kappa shape index (κ1) is 27.7. The standard InChI is InChI=1S/C27H39N3O6Si/c1-26(2,3)37(6,7)33-17-19-13-14-20-22(36-27(4,5)35-20)24(34-19)30-16-15-21(29-25(30)32)28-23(31)18-11-9-8-10-12-18/h8-12,15-16,19-20,22,24H,13-14,17H2,1-7H3,(H,28,29,31,32)/t19-,20+,22+,24+/m0/s1. The van der Waals surface area contributed by atoms with E-state index >= 15 is 0 Å². The van der Waals surface area contributed by atoms with E-state index in [1.807, 2.05) is 19.9 Å². The van der Waals surface area contributed by atoms with Crippen molar-refractivity contribution in [3.8, 4) is 0 Å². The van der Waals surface area contributed by atoms with Crippen molar-refractivity contribution < 1.29 is 23.4 Å². The monoisotopic (exact) mass is 529 g/mol. The molecule has 0 radical (unpaired) electrons. The molecule has 9 nitrogen and oxygen atoms in total. The van der Waals surface area contributed by atoms with Crippen LogP contribution in [-0.4, -0.2) is 54.5 Å². The molecule has 2 fully saturated rings. The SMILES string of the molecule is CC1(C)O[C@H]2[C@H](n3ccc(NC(=O)c4ccccc4)nc3=O)O[C@H](CO[Si](C)(C)C(C)(C)C)CC[C@H]2O1. The normalized spacial score (nSPS) is 25.8. The first-order valence-corrected chi connectivity index (χ1v) is 15.8. The number of hydrogen-bond donors (Lipinski definition) is 1. The quantitative estimate of drug-likeness (QED) is 0.541. The molecule has 2 aromatic rings. The van der Waals surface area contributed by atoms with Crippen LogP contribution in [0.5, 0.6) is 0 Å². The lowest BCUT2D eigenvalue weighted by Crippen LogP contribution is -2.44. The van der Waals surface area contributed by atoms with Gasteiger partial charge in [0.15, 0.2) is 20.3 Å². The van der Waals surface area contributed by atoms with Gasteiger partial charge in [0.1, 0.15) is 11.9 Å². The average molecular weight is 530 g/mol. The van der Waals surface area contributed by atoms with Crippen LogP contribution in [0.2, 0.25) is 18.1 Å². The molecule has 4 atom stereocenters. The molecule has 1 aromatic carbocycles. The second-order valence-electron chi connectivity index (χ2n) is 11.8. The predicted molar refractivity (Wildman–Crippen MR) is 143 cm³/mol. The van der Waals surface area contributed by atoms with Crippen molar-refractivity contribution in [1.29, 1.82) is 0 Å². The van der Waals surface area contributed by atoms with Crippen molar-refractivity contribution in [3.63, 3.8) is 0 Å². The Morgan fingerprint density at radius 3 is 2.51 bits per heavy atom. The summed E-state index contributed by atoms with van der Waals surface area (Å²) in [5.41, 5.74) is -0.0689. The van der Waals surface area contributed by atoms with E-state index in [0.29, 0.717) is 12.2 Å². The minimum Gasteiger partial charge on any atom is -0.414 e. The summed E-state index contributed by atoms with van der Waals surface area (Å²) >= 11 is 0. The molecule has 1 amide bonds. The van der Waals surface area contributed by atoms with Gasteiger partial charge in [0.2, 0.25) is 0 Å². The second kappa shape index (κ2) is 10.4. The number of carbonyl (C=O) groups is 1. The zero-order chi connectivity index (χ0) is 27.0. The van der Waals surface area contributed by atoms with Crippen LogP contribution in [0.3, 0.4) is 0 Å². The third kappa shape index (κ3) is 6.38. The third-order valence-electron chi connectivity index (χ3n) is 7.43. The lowest BCUT2D eigenvalue weighted by molar-refractivity contribution is -0.184. The number of fused-ring (bicyclic) bond motifs is 1. The highest BCUT2D eigenvalue weighted by Crippen LogP contribution is 2.41. The number of hydrogen-bond acceptors (Lipinski definition) is 7. The van der Waals surface area contributed by atoms with Gasteiger partial charge in [0.05, 0.1) is 18.8 Å². The van der Waals surface area contributed by atoms with E-state index in [9.17, 15) is 9.59 Å². The molecule has 2 aliphatic heterocycles. The van der Waals surface area contributed by atoms with Crippen LogP contribution in [0.15, 0.2) is 47.4 Å². The Bertz CT molecular complexity index is 1160. The summed E-state index contributed by atoms with van der Waals surface area (Å²) in [5.74, 6) is -0.961. The van der Waals surface area contributed by atoms with Crippen LogP contribution in [0.4, 0.5) is 5.82 Å². The summed E-state index contributed by atoms with van der Waals surface area (Å²) in [7, 11) is -1.98. The first-order valence-electron chi connectivity index (χ1n) is 12.9. The molecule has 0 aliphatic carbocycles. The Morgan fingerprint density at radius 2 is 1.86 bits per heavy atom.